The maximum Gasteiger partial charge on any atom is 0.330 e. The van der Waals surface area contributed by atoms with Gasteiger partial charge in [0.15, 0.2) is 0 Å². The van der Waals surface area contributed by atoms with Crippen LogP contribution in [0.2, 0.25) is 0 Å². The molecule has 0 saturated carbocycles. The van der Waals surface area contributed by atoms with E-state index in [4.69, 9.17) is 4.74 Å². The minimum atomic E-state index is -0.365. The fourth-order valence-electron chi connectivity index (χ4n) is 16.0. The van der Waals surface area contributed by atoms with E-state index in [1.807, 2.05) is 0 Å². The van der Waals surface area contributed by atoms with Gasteiger partial charge in [0.05, 0.1) is 6.61 Å². The second kappa shape index (κ2) is 21.9. The Labute approximate surface area is 503 Å². The van der Waals surface area contributed by atoms with Gasteiger partial charge in [0, 0.05) is 16.9 Å². The van der Waals surface area contributed by atoms with Crippen molar-refractivity contribution >= 4 is 76.2 Å². The zero-order valence-corrected chi connectivity index (χ0v) is 50.6. The highest BCUT2D eigenvalue weighted by molar-refractivity contribution is 6.27. The van der Waals surface area contributed by atoms with E-state index in [9.17, 15) is 4.79 Å². The van der Waals surface area contributed by atoms with Crippen LogP contribution >= 0.6 is 0 Å². The lowest BCUT2D eigenvalue weighted by atomic mass is 9.69. The summed E-state index contributed by atoms with van der Waals surface area (Å²) >= 11 is 0. The summed E-state index contributed by atoms with van der Waals surface area (Å²) < 4.78 is 5.31. The molecule has 0 unspecified atom stereocenters. The lowest BCUT2D eigenvalue weighted by molar-refractivity contribution is -0.137. The molecule has 12 aromatic carbocycles. The van der Waals surface area contributed by atoms with Crippen LogP contribution in [0.4, 0.5) is 0 Å². The summed E-state index contributed by atoms with van der Waals surface area (Å²) in [5.41, 5.74) is 23.0. The van der Waals surface area contributed by atoms with Crippen molar-refractivity contribution in [3.63, 3.8) is 0 Å². The highest BCUT2D eigenvalue weighted by atomic mass is 16.5. The zero-order chi connectivity index (χ0) is 58.1. The lowest BCUT2D eigenvalue weighted by Crippen LogP contribution is -2.26. The lowest BCUT2D eigenvalue weighted by Gasteiger charge is -2.34. The quantitative estimate of drug-likeness (QED) is 0.0310. The molecule has 0 amide bonds. The van der Waals surface area contributed by atoms with Crippen LogP contribution in [0.3, 0.4) is 0 Å². The first-order chi connectivity index (χ1) is 41.6. The second-order valence-corrected chi connectivity index (χ2v) is 25.4. The highest BCUT2D eigenvalue weighted by Gasteiger charge is 2.45. The first kappa shape index (κ1) is 54.6. The highest BCUT2D eigenvalue weighted by Crippen LogP contribution is 2.59. The van der Waals surface area contributed by atoms with Gasteiger partial charge >= 0.3 is 5.97 Å². The van der Waals surface area contributed by atoms with Crippen LogP contribution in [0.15, 0.2) is 189 Å². The molecule has 0 aromatic heterocycles. The van der Waals surface area contributed by atoms with Crippen LogP contribution in [0.25, 0.3) is 126 Å². The number of esters is 1. The zero-order valence-electron chi connectivity index (χ0n) is 50.6. The summed E-state index contributed by atoms with van der Waals surface area (Å²) in [7, 11) is 0. The van der Waals surface area contributed by atoms with Gasteiger partial charge in [-0.05, 0) is 235 Å². The summed E-state index contributed by atoms with van der Waals surface area (Å²) in [5, 5.41) is 15.7. The maximum absolute atomic E-state index is 11.7. The molecule has 0 atom stereocenters. The molecule has 0 heterocycles. The van der Waals surface area contributed by atoms with Crippen molar-refractivity contribution in [3.8, 4) is 55.6 Å². The molecule has 0 N–H and O–H groups in total. The van der Waals surface area contributed by atoms with Gasteiger partial charge in [0.2, 0.25) is 0 Å². The molecule has 14 rings (SSSR count). The number of aryl methyl sites for hydroxylation is 1. The average Bonchev–Trinajstić information content (AvgIpc) is 1.90. The van der Waals surface area contributed by atoms with Gasteiger partial charge < -0.3 is 4.74 Å². The van der Waals surface area contributed by atoms with E-state index in [1.165, 1.54) is 198 Å². The van der Waals surface area contributed by atoms with Crippen molar-refractivity contribution in [2.24, 2.45) is 0 Å². The fraction of sp³-hybridized carbons (Fsp3) is 0.265. The van der Waals surface area contributed by atoms with E-state index in [1.54, 1.807) is 0 Å². The number of benzene rings is 12. The van der Waals surface area contributed by atoms with Crippen LogP contribution in [-0.2, 0) is 26.8 Å². The Bertz CT molecular complexity index is 4570. The van der Waals surface area contributed by atoms with Crippen LogP contribution in [-0.4, -0.2) is 12.6 Å². The molecule has 422 valence electrons. The van der Waals surface area contributed by atoms with E-state index in [0.717, 1.165) is 56.9 Å². The first-order valence-electron chi connectivity index (χ1n) is 32.1. The first-order valence-corrected chi connectivity index (χ1v) is 32.1. The third-order valence-corrected chi connectivity index (χ3v) is 20.3. The molecule has 0 fully saturated rings. The number of hydrogen-bond donors (Lipinski definition) is 0. The van der Waals surface area contributed by atoms with Crippen LogP contribution < -0.4 is 0 Å². The number of allylic oxidation sites excluding steroid dienone is 1. The number of unbranched alkanes of at least 4 members (excludes halogenated alkanes) is 4. The van der Waals surface area contributed by atoms with Crippen molar-refractivity contribution in [3.05, 3.63) is 222 Å². The Hall–Kier alpha value is -8.33. The van der Waals surface area contributed by atoms with Crippen LogP contribution in [0, 0.1) is 0 Å². The van der Waals surface area contributed by atoms with Crippen molar-refractivity contribution in [2.75, 3.05) is 6.61 Å². The molecule has 85 heavy (non-hydrogen) atoms. The number of hydrogen-bond acceptors (Lipinski definition) is 2. The maximum atomic E-state index is 11.7. The Morgan fingerprint density at radius 2 is 0.765 bits per heavy atom. The molecular weight excluding hydrogens is 1030 g/mol. The molecule has 2 aliphatic carbocycles. The molecule has 0 bridgehead atoms. The van der Waals surface area contributed by atoms with Crippen molar-refractivity contribution in [2.45, 2.75) is 135 Å². The minimum Gasteiger partial charge on any atom is -0.463 e. The van der Waals surface area contributed by atoms with Crippen molar-refractivity contribution in [1.82, 2.24) is 0 Å². The number of ether oxygens (including phenoxy) is 1. The largest absolute Gasteiger partial charge is 0.463 e. The predicted molar refractivity (Wildman–Crippen MR) is 365 cm³/mol. The SMILES string of the molecule is C=CC(=O)OCCCc1cc2ccc3ccc(-c4ccc5c(c4)C(CCCC)(CCCC)c4cc(-c6ccc7c(c6)C(CCCC)(CCCC)c6cc(-c8ccc9ccc%10cc(C(=C)C)cc%11ccc8c9c%10%11)ccc6-7)ccc4-5)c4ccc(c1)c2c34. The van der Waals surface area contributed by atoms with E-state index in [-0.39, 0.29) is 16.8 Å². The molecule has 0 radical (unpaired) electrons. The standard InChI is InChI=1S/C83H78O2/c1-8-13-39-82(40-14-9-2)73-48-56(25-33-67(73)69-35-27-58(50-75(69)82)65-31-23-54-19-21-60-44-53(18-17-43-85-77(84)12-5)45-61-29-37-71(65)80(54)78(60)61)57-26-34-68-70-36-28-59(51-76(70)83(41-15-10-3,42-16-11-4)74(68)49-57)66-32-24-55-20-22-62-46-64(52(6)7)47-63-30-38-72(66)81(55)79(62)63/h12,19-38,44-51H,5-6,8-11,13-18,39-43H2,1-4,7H3. The van der Waals surface area contributed by atoms with Gasteiger partial charge in [-0.1, -0.05) is 231 Å². The number of carbonyl (C=O) groups is 1. The van der Waals surface area contributed by atoms with Gasteiger partial charge in [-0.3, -0.25) is 0 Å². The van der Waals surface area contributed by atoms with Crippen molar-refractivity contribution in [1.29, 1.82) is 0 Å². The Morgan fingerprint density at radius 3 is 1.16 bits per heavy atom. The Kier molecular flexibility index (Phi) is 14.1. The summed E-state index contributed by atoms with van der Waals surface area (Å²) in [5.74, 6) is -0.365. The van der Waals surface area contributed by atoms with Crippen LogP contribution in [0.1, 0.15) is 151 Å². The minimum absolute atomic E-state index is 0.0839. The molecule has 2 heteroatoms. The van der Waals surface area contributed by atoms with Crippen molar-refractivity contribution < 1.29 is 9.53 Å². The molecule has 0 saturated heterocycles. The van der Waals surface area contributed by atoms with Crippen LogP contribution in [0.5, 0.6) is 0 Å². The van der Waals surface area contributed by atoms with E-state index < -0.39 is 0 Å². The van der Waals surface area contributed by atoms with Gasteiger partial charge in [0.1, 0.15) is 0 Å². The molecule has 12 aromatic rings. The molecule has 0 spiro atoms. The van der Waals surface area contributed by atoms with Gasteiger partial charge in [-0.25, -0.2) is 4.79 Å². The summed E-state index contributed by atoms with van der Waals surface area (Å²) in [6.45, 7) is 19.8. The number of fused-ring (bicyclic) bond motifs is 6. The smallest absolute Gasteiger partial charge is 0.330 e. The Balaban J connectivity index is 0.854. The number of carbonyl (C=O) groups excluding carboxylic acids is 1. The van der Waals surface area contributed by atoms with E-state index >= 15 is 0 Å². The normalized spacial score (nSPS) is 13.8. The van der Waals surface area contributed by atoms with Gasteiger partial charge in [0.25, 0.3) is 0 Å². The summed E-state index contributed by atoms with van der Waals surface area (Å²) in [4.78, 5) is 11.7. The monoisotopic (exact) mass is 1110 g/mol. The number of rotatable bonds is 21. The summed E-state index contributed by atoms with van der Waals surface area (Å²) in [6.07, 6.45) is 16.8. The average molecular weight is 1110 g/mol. The van der Waals surface area contributed by atoms with Gasteiger partial charge in [-0.15, -0.1) is 0 Å². The van der Waals surface area contributed by atoms with Gasteiger partial charge in [-0.2, -0.15) is 0 Å². The third kappa shape index (κ3) is 8.91. The molecule has 2 nitrogen and oxygen atoms in total. The predicted octanol–water partition coefficient (Wildman–Crippen LogP) is 23.5. The van der Waals surface area contributed by atoms with E-state index in [0.29, 0.717) is 6.61 Å². The second-order valence-electron chi connectivity index (χ2n) is 25.4. The molecule has 0 aliphatic heterocycles. The van der Waals surface area contributed by atoms with E-state index in [2.05, 4.69) is 218 Å². The third-order valence-electron chi connectivity index (χ3n) is 20.3. The Morgan fingerprint density at radius 1 is 0.412 bits per heavy atom. The fourth-order valence-corrected chi connectivity index (χ4v) is 16.0. The summed E-state index contributed by atoms with van der Waals surface area (Å²) in [6, 6.07) is 67.6. The molecular formula is C83H78O2. The molecule has 2 aliphatic rings. The topological polar surface area (TPSA) is 26.3 Å².